The predicted molar refractivity (Wildman–Crippen MR) is 124 cm³/mol. The molecule has 4 aliphatic rings. The van der Waals surface area contributed by atoms with E-state index < -0.39 is 11.9 Å². The number of amides is 3. The summed E-state index contributed by atoms with van der Waals surface area (Å²) >= 11 is 0. The van der Waals surface area contributed by atoms with E-state index in [-0.39, 0.29) is 48.3 Å². The van der Waals surface area contributed by atoms with E-state index >= 15 is 0 Å². The molecule has 7 heteroatoms. The standard InChI is InChI=1S/C27H26N2O5/c1-15-5-9-19(10-6-15)28-14-18(12-22(28)30)27(33)34-21-4-2-3-20(13-21)29-25(31)23-16-7-8-17(11-16)24(23)26(29)32/h2-6,9-10,13,16-18,23-24H,7-8,11-12,14H2,1H3/t16-,17-,18+,23+,24+/m0/s1. The zero-order valence-electron chi connectivity index (χ0n) is 19.0. The van der Waals surface area contributed by atoms with Crippen molar-refractivity contribution in [3.05, 3.63) is 54.1 Å². The third kappa shape index (κ3) is 3.25. The van der Waals surface area contributed by atoms with Gasteiger partial charge in [0.25, 0.3) is 0 Å². The summed E-state index contributed by atoms with van der Waals surface area (Å²) in [5.41, 5.74) is 2.30. The highest BCUT2D eigenvalue weighted by molar-refractivity contribution is 6.22. The van der Waals surface area contributed by atoms with E-state index in [1.807, 2.05) is 31.2 Å². The first-order chi connectivity index (χ1) is 16.4. The number of ether oxygens (including phenoxy) is 1. The average Bonchev–Trinajstić information content (AvgIpc) is 3.58. The Morgan fingerprint density at radius 2 is 1.59 bits per heavy atom. The summed E-state index contributed by atoms with van der Waals surface area (Å²) in [6, 6.07) is 14.2. The Hall–Kier alpha value is -3.48. The Labute approximate surface area is 197 Å². The fourth-order valence-corrected chi connectivity index (χ4v) is 6.39. The van der Waals surface area contributed by atoms with Gasteiger partial charge < -0.3 is 9.64 Å². The lowest BCUT2D eigenvalue weighted by molar-refractivity contribution is -0.139. The van der Waals surface area contributed by atoms with Crippen molar-refractivity contribution in [3.8, 4) is 5.75 Å². The summed E-state index contributed by atoms with van der Waals surface area (Å²) in [5.74, 6) is -0.941. The molecule has 2 aromatic carbocycles. The van der Waals surface area contributed by atoms with Crippen LogP contribution in [-0.2, 0) is 19.2 Å². The van der Waals surface area contributed by atoms with E-state index in [1.165, 1.54) is 4.90 Å². The van der Waals surface area contributed by atoms with Crippen LogP contribution < -0.4 is 14.5 Å². The quantitative estimate of drug-likeness (QED) is 0.398. The minimum Gasteiger partial charge on any atom is -0.426 e. The van der Waals surface area contributed by atoms with Crippen LogP contribution in [0.3, 0.4) is 0 Å². The van der Waals surface area contributed by atoms with Gasteiger partial charge in [0.05, 0.1) is 23.4 Å². The largest absolute Gasteiger partial charge is 0.426 e. The molecule has 2 aliphatic carbocycles. The molecule has 2 saturated heterocycles. The van der Waals surface area contributed by atoms with Gasteiger partial charge in [-0.2, -0.15) is 0 Å². The molecule has 4 fully saturated rings. The number of carbonyl (C=O) groups excluding carboxylic acids is 4. The van der Waals surface area contributed by atoms with Crippen molar-refractivity contribution in [3.63, 3.8) is 0 Å². The van der Waals surface area contributed by atoms with Crippen LogP contribution in [0.4, 0.5) is 11.4 Å². The normalized spacial score (nSPS) is 29.8. The van der Waals surface area contributed by atoms with Crippen molar-refractivity contribution in [2.75, 3.05) is 16.3 Å². The number of hydrogen-bond donors (Lipinski definition) is 0. The average molecular weight is 459 g/mol. The van der Waals surface area contributed by atoms with Gasteiger partial charge in [-0.15, -0.1) is 0 Å². The fourth-order valence-electron chi connectivity index (χ4n) is 6.39. The van der Waals surface area contributed by atoms with Crippen LogP contribution >= 0.6 is 0 Å². The zero-order chi connectivity index (χ0) is 23.6. The maximum Gasteiger partial charge on any atom is 0.316 e. The van der Waals surface area contributed by atoms with Crippen molar-refractivity contribution in [2.24, 2.45) is 29.6 Å². The maximum absolute atomic E-state index is 13.1. The summed E-state index contributed by atoms with van der Waals surface area (Å²) in [6.45, 7) is 2.24. The molecule has 3 amide bonds. The Bertz CT molecular complexity index is 1180. The van der Waals surface area contributed by atoms with Crippen LogP contribution in [0.5, 0.6) is 5.75 Å². The van der Waals surface area contributed by atoms with Gasteiger partial charge in [-0.3, -0.25) is 19.2 Å². The number of imide groups is 1. The van der Waals surface area contributed by atoms with Crippen LogP contribution in [-0.4, -0.2) is 30.2 Å². The third-order valence-electron chi connectivity index (χ3n) is 8.03. The van der Waals surface area contributed by atoms with Gasteiger partial charge in [0.2, 0.25) is 17.7 Å². The van der Waals surface area contributed by atoms with Gasteiger partial charge in [-0.05, 0) is 62.3 Å². The number of anilines is 2. The number of benzene rings is 2. The minimum absolute atomic E-state index is 0.0850. The van der Waals surface area contributed by atoms with Gasteiger partial charge in [0, 0.05) is 24.7 Å². The lowest BCUT2D eigenvalue weighted by Crippen LogP contribution is -2.32. The molecule has 5 atom stereocenters. The van der Waals surface area contributed by atoms with E-state index in [0.29, 0.717) is 17.5 Å². The van der Waals surface area contributed by atoms with Gasteiger partial charge >= 0.3 is 5.97 Å². The molecule has 7 nitrogen and oxygen atoms in total. The Morgan fingerprint density at radius 1 is 0.912 bits per heavy atom. The first kappa shape index (κ1) is 21.1. The van der Waals surface area contributed by atoms with E-state index in [2.05, 4.69) is 0 Å². The number of nitrogens with zero attached hydrogens (tertiary/aromatic N) is 2. The molecule has 6 rings (SSSR count). The maximum atomic E-state index is 13.1. The van der Waals surface area contributed by atoms with E-state index in [4.69, 9.17) is 4.74 Å². The third-order valence-corrected chi connectivity index (χ3v) is 8.03. The monoisotopic (exact) mass is 458 g/mol. The molecule has 2 heterocycles. The molecule has 2 aliphatic heterocycles. The second-order valence-corrected chi connectivity index (χ2v) is 10.1. The summed E-state index contributed by atoms with van der Waals surface area (Å²) in [5, 5.41) is 0. The summed E-state index contributed by atoms with van der Waals surface area (Å²) < 4.78 is 5.60. The summed E-state index contributed by atoms with van der Waals surface area (Å²) in [4.78, 5) is 54.5. The zero-order valence-corrected chi connectivity index (χ0v) is 19.0. The van der Waals surface area contributed by atoms with Crippen LogP contribution in [0, 0.1) is 36.5 Å². The highest BCUT2D eigenvalue weighted by atomic mass is 16.5. The number of rotatable bonds is 4. The molecule has 2 saturated carbocycles. The topological polar surface area (TPSA) is 84.0 Å². The highest BCUT2D eigenvalue weighted by Crippen LogP contribution is 2.56. The van der Waals surface area contributed by atoms with Crippen LogP contribution in [0.15, 0.2) is 48.5 Å². The Kier molecular flexibility index (Phi) is 4.83. The van der Waals surface area contributed by atoms with Gasteiger partial charge in [0.1, 0.15) is 5.75 Å². The molecular formula is C27H26N2O5. The Balaban J connectivity index is 1.16. The van der Waals surface area contributed by atoms with Gasteiger partial charge in [-0.1, -0.05) is 23.8 Å². The second kappa shape index (κ2) is 7.79. The molecule has 0 spiro atoms. The molecule has 0 unspecified atom stereocenters. The van der Waals surface area contributed by atoms with Crippen LogP contribution in [0.25, 0.3) is 0 Å². The Morgan fingerprint density at radius 3 is 2.26 bits per heavy atom. The predicted octanol–water partition coefficient (Wildman–Crippen LogP) is 3.49. The fraction of sp³-hybridized carbons (Fsp3) is 0.407. The van der Waals surface area contributed by atoms with Crippen LogP contribution in [0.2, 0.25) is 0 Å². The number of esters is 1. The number of hydrogen-bond acceptors (Lipinski definition) is 5. The van der Waals surface area contributed by atoms with E-state index in [9.17, 15) is 19.2 Å². The SMILES string of the molecule is Cc1ccc(N2C[C@H](C(=O)Oc3cccc(N4C(=O)[C@@H]5[C@H]6CC[C@@H](C6)[C@H]5C4=O)c3)CC2=O)cc1. The van der Waals surface area contributed by atoms with Crippen molar-refractivity contribution in [1.82, 2.24) is 0 Å². The smallest absolute Gasteiger partial charge is 0.316 e. The second-order valence-electron chi connectivity index (χ2n) is 10.1. The molecule has 174 valence electrons. The van der Waals surface area contributed by atoms with E-state index in [1.54, 1.807) is 29.2 Å². The van der Waals surface area contributed by atoms with Crippen molar-refractivity contribution >= 4 is 35.1 Å². The van der Waals surface area contributed by atoms with Crippen molar-refractivity contribution < 1.29 is 23.9 Å². The minimum atomic E-state index is -0.581. The molecule has 0 radical (unpaired) electrons. The summed E-state index contributed by atoms with van der Waals surface area (Å²) in [7, 11) is 0. The molecule has 34 heavy (non-hydrogen) atoms. The molecule has 2 bridgehead atoms. The van der Waals surface area contributed by atoms with Crippen LogP contribution in [0.1, 0.15) is 31.2 Å². The van der Waals surface area contributed by atoms with Gasteiger partial charge in [0.15, 0.2) is 0 Å². The number of aryl methyl sites for hydroxylation is 1. The molecule has 2 aromatic rings. The first-order valence-corrected chi connectivity index (χ1v) is 12.0. The van der Waals surface area contributed by atoms with E-state index in [0.717, 1.165) is 30.5 Å². The molecule has 0 N–H and O–H groups in total. The highest BCUT2D eigenvalue weighted by Gasteiger charge is 2.61. The summed E-state index contributed by atoms with van der Waals surface area (Å²) in [6.07, 6.45) is 3.12. The lowest BCUT2D eigenvalue weighted by Gasteiger charge is -2.19. The number of fused-ring (bicyclic) bond motifs is 5. The number of carbonyl (C=O) groups is 4. The molecule has 0 aromatic heterocycles. The first-order valence-electron chi connectivity index (χ1n) is 12.0. The van der Waals surface area contributed by atoms with Crippen molar-refractivity contribution in [2.45, 2.75) is 32.6 Å². The molecular weight excluding hydrogens is 432 g/mol. The van der Waals surface area contributed by atoms with Crippen molar-refractivity contribution in [1.29, 1.82) is 0 Å². The van der Waals surface area contributed by atoms with Gasteiger partial charge in [-0.25, -0.2) is 4.90 Å². The lowest BCUT2D eigenvalue weighted by atomic mass is 9.81.